The first-order valence-electron chi connectivity index (χ1n) is 5.62. The van der Waals surface area contributed by atoms with Gasteiger partial charge in [0, 0.05) is 19.3 Å². The predicted molar refractivity (Wildman–Crippen MR) is 59.4 cm³/mol. The standard InChI is InChI=1S/C11H17N3O2/c1-3-13-6-9(7-13)14-10(4-5-12-14)8(2)11(15)16/h4-5,8-9H,3,6-7H2,1-2H3,(H,15,16). The normalized spacial score (nSPS) is 19.4. The summed E-state index contributed by atoms with van der Waals surface area (Å²) in [4.78, 5) is 13.3. The molecular formula is C11H17N3O2. The molecule has 5 nitrogen and oxygen atoms in total. The van der Waals surface area contributed by atoms with Crippen LogP contribution >= 0.6 is 0 Å². The Balaban J connectivity index is 2.11. The average molecular weight is 223 g/mol. The second kappa shape index (κ2) is 4.25. The number of carboxylic acids is 1. The third-order valence-corrected chi connectivity index (χ3v) is 3.25. The van der Waals surface area contributed by atoms with E-state index in [4.69, 9.17) is 5.11 Å². The molecule has 16 heavy (non-hydrogen) atoms. The summed E-state index contributed by atoms with van der Waals surface area (Å²) in [7, 11) is 0. The van der Waals surface area contributed by atoms with Crippen LogP contribution in [0, 0.1) is 0 Å². The van der Waals surface area contributed by atoms with Crippen LogP contribution in [0.3, 0.4) is 0 Å². The molecule has 0 bridgehead atoms. The van der Waals surface area contributed by atoms with Crippen molar-refractivity contribution in [3.05, 3.63) is 18.0 Å². The number of rotatable bonds is 4. The largest absolute Gasteiger partial charge is 0.481 e. The van der Waals surface area contributed by atoms with Crippen LogP contribution in [-0.4, -0.2) is 45.4 Å². The summed E-state index contributed by atoms with van der Waals surface area (Å²) in [5.74, 6) is -1.29. The number of carbonyl (C=O) groups is 1. The lowest BCUT2D eigenvalue weighted by molar-refractivity contribution is -0.138. The van der Waals surface area contributed by atoms with Gasteiger partial charge in [0.2, 0.25) is 0 Å². The fraction of sp³-hybridized carbons (Fsp3) is 0.636. The minimum absolute atomic E-state index is 0.340. The molecule has 1 saturated heterocycles. The van der Waals surface area contributed by atoms with E-state index in [1.807, 2.05) is 4.68 Å². The van der Waals surface area contributed by atoms with Crippen molar-refractivity contribution in [2.24, 2.45) is 0 Å². The van der Waals surface area contributed by atoms with Crippen molar-refractivity contribution < 1.29 is 9.90 Å². The van der Waals surface area contributed by atoms with E-state index in [2.05, 4.69) is 16.9 Å². The van der Waals surface area contributed by atoms with E-state index in [9.17, 15) is 4.79 Å². The number of aromatic nitrogens is 2. The first-order chi connectivity index (χ1) is 7.63. The summed E-state index contributed by atoms with van der Waals surface area (Å²) in [5, 5.41) is 13.2. The van der Waals surface area contributed by atoms with Gasteiger partial charge in [-0.15, -0.1) is 0 Å². The van der Waals surface area contributed by atoms with Crippen molar-refractivity contribution in [2.75, 3.05) is 19.6 Å². The highest BCUT2D eigenvalue weighted by molar-refractivity contribution is 5.74. The van der Waals surface area contributed by atoms with Gasteiger partial charge in [-0.2, -0.15) is 5.10 Å². The topological polar surface area (TPSA) is 58.4 Å². The van der Waals surface area contributed by atoms with Gasteiger partial charge in [-0.1, -0.05) is 6.92 Å². The Labute approximate surface area is 94.7 Å². The molecule has 0 radical (unpaired) electrons. The zero-order chi connectivity index (χ0) is 11.7. The molecule has 1 atom stereocenters. The minimum atomic E-state index is -0.798. The molecule has 0 amide bonds. The highest BCUT2D eigenvalue weighted by atomic mass is 16.4. The predicted octanol–water partition coefficient (Wildman–Crippen LogP) is 0.948. The maximum Gasteiger partial charge on any atom is 0.312 e. The fourth-order valence-corrected chi connectivity index (χ4v) is 2.05. The zero-order valence-electron chi connectivity index (χ0n) is 9.63. The highest BCUT2D eigenvalue weighted by Crippen LogP contribution is 2.25. The van der Waals surface area contributed by atoms with Crippen molar-refractivity contribution in [3.8, 4) is 0 Å². The first kappa shape index (κ1) is 11.1. The van der Waals surface area contributed by atoms with Crippen molar-refractivity contribution in [2.45, 2.75) is 25.8 Å². The summed E-state index contributed by atoms with van der Waals surface area (Å²) in [6, 6.07) is 2.14. The van der Waals surface area contributed by atoms with Gasteiger partial charge in [-0.3, -0.25) is 14.4 Å². The van der Waals surface area contributed by atoms with Crippen molar-refractivity contribution in [1.82, 2.24) is 14.7 Å². The Morgan fingerprint density at radius 1 is 1.69 bits per heavy atom. The SMILES string of the molecule is CCN1CC(n2nccc2C(C)C(=O)O)C1. The highest BCUT2D eigenvalue weighted by Gasteiger charge is 2.30. The quantitative estimate of drug-likeness (QED) is 0.825. The van der Waals surface area contributed by atoms with E-state index < -0.39 is 11.9 Å². The number of carboxylic acid groups (broad SMARTS) is 1. The lowest BCUT2D eigenvalue weighted by Gasteiger charge is -2.39. The second-order valence-electron chi connectivity index (χ2n) is 4.27. The molecule has 1 aromatic rings. The van der Waals surface area contributed by atoms with Gasteiger partial charge in [0.25, 0.3) is 0 Å². The van der Waals surface area contributed by atoms with Gasteiger partial charge < -0.3 is 5.11 Å². The molecule has 0 aromatic carbocycles. The van der Waals surface area contributed by atoms with Crippen LogP contribution in [0.4, 0.5) is 0 Å². The van der Waals surface area contributed by atoms with Crippen LogP contribution < -0.4 is 0 Å². The molecular weight excluding hydrogens is 206 g/mol. The summed E-state index contributed by atoms with van der Waals surface area (Å²) >= 11 is 0. The van der Waals surface area contributed by atoms with Gasteiger partial charge in [0.05, 0.1) is 17.7 Å². The molecule has 0 aliphatic carbocycles. The molecule has 1 fully saturated rings. The smallest absolute Gasteiger partial charge is 0.312 e. The molecule has 5 heteroatoms. The second-order valence-corrected chi connectivity index (χ2v) is 4.27. The Hall–Kier alpha value is -1.36. The van der Waals surface area contributed by atoms with E-state index in [1.54, 1.807) is 19.2 Å². The summed E-state index contributed by atoms with van der Waals surface area (Å²) in [6.45, 7) is 6.81. The number of likely N-dealkylation sites (tertiary alicyclic amines) is 1. The fourth-order valence-electron chi connectivity index (χ4n) is 2.05. The maximum atomic E-state index is 10.9. The van der Waals surface area contributed by atoms with E-state index in [1.165, 1.54) is 0 Å². The third kappa shape index (κ3) is 1.82. The Morgan fingerprint density at radius 3 is 2.94 bits per heavy atom. The van der Waals surface area contributed by atoms with Gasteiger partial charge in [0.1, 0.15) is 0 Å². The molecule has 1 unspecified atom stereocenters. The third-order valence-electron chi connectivity index (χ3n) is 3.25. The molecule has 1 aromatic heterocycles. The van der Waals surface area contributed by atoms with Crippen LogP contribution in [0.5, 0.6) is 0 Å². The monoisotopic (exact) mass is 223 g/mol. The van der Waals surface area contributed by atoms with Crippen LogP contribution in [0.25, 0.3) is 0 Å². The van der Waals surface area contributed by atoms with Crippen LogP contribution in [0.15, 0.2) is 12.3 Å². The van der Waals surface area contributed by atoms with Crippen LogP contribution in [0.2, 0.25) is 0 Å². The maximum absolute atomic E-state index is 10.9. The van der Waals surface area contributed by atoms with Crippen molar-refractivity contribution >= 4 is 5.97 Å². The number of hydrogen-bond acceptors (Lipinski definition) is 3. The van der Waals surface area contributed by atoms with Gasteiger partial charge in [-0.25, -0.2) is 0 Å². The van der Waals surface area contributed by atoms with Crippen LogP contribution in [-0.2, 0) is 4.79 Å². The molecule has 0 spiro atoms. The Morgan fingerprint density at radius 2 is 2.38 bits per heavy atom. The number of aliphatic carboxylic acids is 1. The lowest BCUT2D eigenvalue weighted by Crippen LogP contribution is -2.48. The van der Waals surface area contributed by atoms with E-state index in [0.29, 0.717) is 6.04 Å². The summed E-state index contributed by atoms with van der Waals surface area (Å²) in [6.07, 6.45) is 1.68. The molecule has 1 aliphatic heterocycles. The van der Waals surface area contributed by atoms with E-state index >= 15 is 0 Å². The minimum Gasteiger partial charge on any atom is -0.481 e. The number of likely N-dealkylation sites (N-methyl/N-ethyl adjacent to an activating group) is 1. The molecule has 0 saturated carbocycles. The van der Waals surface area contributed by atoms with Crippen molar-refractivity contribution in [3.63, 3.8) is 0 Å². The lowest BCUT2D eigenvalue weighted by atomic mass is 10.1. The van der Waals surface area contributed by atoms with Crippen LogP contribution in [0.1, 0.15) is 31.5 Å². The van der Waals surface area contributed by atoms with E-state index in [-0.39, 0.29) is 0 Å². The molecule has 1 aliphatic rings. The molecule has 2 heterocycles. The Kier molecular flexibility index (Phi) is 2.96. The number of nitrogens with zero attached hydrogens (tertiary/aromatic N) is 3. The molecule has 2 rings (SSSR count). The number of hydrogen-bond donors (Lipinski definition) is 1. The molecule has 1 N–H and O–H groups in total. The zero-order valence-corrected chi connectivity index (χ0v) is 9.63. The van der Waals surface area contributed by atoms with Gasteiger partial charge in [0.15, 0.2) is 0 Å². The van der Waals surface area contributed by atoms with Crippen molar-refractivity contribution in [1.29, 1.82) is 0 Å². The Bertz CT molecular complexity index is 382. The van der Waals surface area contributed by atoms with Gasteiger partial charge >= 0.3 is 5.97 Å². The van der Waals surface area contributed by atoms with E-state index in [0.717, 1.165) is 25.3 Å². The summed E-state index contributed by atoms with van der Waals surface area (Å²) in [5.41, 5.74) is 0.799. The van der Waals surface area contributed by atoms with Gasteiger partial charge in [-0.05, 0) is 19.5 Å². The molecule has 88 valence electrons. The average Bonchev–Trinajstić information content (AvgIpc) is 2.63. The first-order valence-corrected chi connectivity index (χ1v) is 5.62. The summed E-state index contributed by atoms with van der Waals surface area (Å²) < 4.78 is 1.87.